The molecular formula is C53H96N4O5. The van der Waals surface area contributed by atoms with Crippen molar-refractivity contribution in [2.45, 2.75) is 248 Å². The van der Waals surface area contributed by atoms with E-state index in [0.717, 1.165) is 83.6 Å². The number of carbonyl (C=O) groups is 4. The zero-order valence-corrected chi connectivity index (χ0v) is 43.5. The summed E-state index contributed by atoms with van der Waals surface area (Å²) in [5.41, 5.74) is -3.68. The normalized spacial score (nSPS) is 20.8. The zero-order valence-electron chi connectivity index (χ0n) is 43.5. The van der Waals surface area contributed by atoms with E-state index in [1.807, 2.05) is 41.5 Å². The van der Waals surface area contributed by atoms with Crippen LogP contribution in [0.15, 0.2) is 24.3 Å². The minimum absolute atomic E-state index is 0.0901. The minimum Gasteiger partial charge on any atom is -0.449 e. The molecule has 62 heavy (non-hydrogen) atoms. The van der Waals surface area contributed by atoms with Crippen LogP contribution in [0.1, 0.15) is 215 Å². The first-order valence-corrected chi connectivity index (χ1v) is 24.3. The SMILES string of the molecule is CC(C)(C)NC(CCC/C=C/CCCCOC(=O)N1CCC(NC(C)(C)C)(C(=O)C(C)(C)C)CC1)(CCC/C=C/C[C@@]1(C(=O)C(C)(C)C)CCCN1C(C)(C)C)C(=O)C(C)(C)C. The van der Waals surface area contributed by atoms with Crippen LogP contribution in [-0.2, 0) is 19.1 Å². The van der Waals surface area contributed by atoms with Crippen LogP contribution in [-0.4, -0.2) is 92.7 Å². The first kappa shape index (κ1) is 55.8. The summed E-state index contributed by atoms with van der Waals surface area (Å²) in [5, 5.41) is 7.46. The van der Waals surface area contributed by atoms with E-state index in [1.54, 1.807) is 4.90 Å². The molecule has 2 aliphatic rings. The first-order valence-electron chi connectivity index (χ1n) is 24.3. The fraction of sp³-hybridized carbons (Fsp3) is 0.849. The van der Waals surface area contributed by atoms with E-state index in [2.05, 4.69) is 123 Å². The summed E-state index contributed by atoms with van der Waals surface area (Å²) < 4.78 is 5.67. The van der Waals surface area contributed by atoms with E-state index < -0.39 is 32.9 Å². The minimum atomic E-state index is -0.645. The van der Waals surface area contributed by atoms with Gasteiger partial charge in [-0.25, -0.2) is 4.79 Å². The van der Waals surface area contributed by atoms with E-state index in [0.29, 0.717) is 38.3 Å². The van der Waals surface area contributed by atoms with Crippen LogP contribution in [0.3, 0.4) is 0 Å². The van der Waals surface area contributed by atoms with Crippen LogP contribution in [0.5, 0.6) is 0 Å². The van der Waals surface area contributed by atoms with Crippen LogP contribution in [0.4, 0.5) is 4.79 Å². The van der Waals surface area contributed by atoms with Crippen LogP contribution < -0.4 is 10.6 Å². The van der Waals surface area contributed by atoms with Gasteiger partial charge in [0, 0.05) is 46.0 Å². The molecule has 2 rings (SSSR count). The third-order valence-corrected chi connectivity index (χ3v) is 12.5. The number of nitrogens with one attached hydrogen (secondary N) is 2. The summed E-state index contributed by atoms with van der Waals surface area (Å²) in [6.45, 7) is 39.9. The second-order valence-corrected chi connectivity index (χ2v) is 25.1. The van der Waals surface area contributed by atoms with Crippen molar-refractivity contribution in [2.75, 3.05) is 26.2 Å². The number of likely N-dealkylation sites (tertiary alicyclic amines) is 2. The Kier molecular flexibility index (Phi) is 19.6. The Hall–Kier alpha value is -2.36. The Balaban J connectivity index is 1.95. The van der Waals surface area contributed by atoms with Crippen molar-refractivity contribution in [1.29, 1.82) is 0 Å². The molecule has 0 aromatic heterocycles. The van der Waals surface area contributed by atoms with Gasteiger partial charge in [0.2, 0.25) is 0 Å². The van der Waals surface area contributed by atoms with E-state index in [1.165, 1.54) is 0 Å². The van der Waals surface area contributed by atoms with E-state index in [-0.39, 0.29) is 34.3 Å². The van der Waals surface area contributed by atoms with Gasteiger partial charge in [0.25, 0.3) is 0 Å². The molecule has 0 bridgehead atoms. The second-order valence-electron chi connectivity index (χ2n) is 25.1. The highest BCUT2D eigenvalue weighted by Gasteiger charge is 2.53. The molecule has 0 radical (unpaired) electrons. The van der Waals surface area contributed by atoms with Crippen LogP contribution in [0.2, 0.25) is 0 Å². The van der Waals surface area contributed by atoms with Gasteiger partial charge in [0.15, 0.2) is 17.3 Å². The maximum absolute atomic E-state index is 14.4. The lowest BCUT2D eigenvalue weighted by molar-refractivity contribution is -0.140. The molecule has 0 spiro atoms. The number of amides is 1. The molecule has 9 nitrogen and oxygen atoms in total. The molecule has 2 aliphatic heterocycles. The second kappa shape index (κ2) is 21.8. The number of hydrogen-bond donors (Lipinski definition) is 2. The molecule has 2 atom stereocenters. The summed E-state index contributed by atoms with van der Waals surface area (Å²) in [6.07, 6.45) is 20.2. The number of ether oxygens (including phenoxy) is 1. The maximum atomic E-state index is 14.4. The molecule has 0 aromatic rings. The van der Waals surface area contributed by atoms with Crippen molar-refractivity contribution in [3.63, 3.8) is 0 Å². The van der Waals surface area contributed by atoms with E-state index in [9.17, 15) is 19.2 Å². The summed E-state index contributed by atoms with van der Waals surface area (Å²) in [7, 11) is 0. The highest BCUT2D eigenvalue weighted by Crippen LogP contribution is 2.43. The molecule has 0 aliphatic carbocycles. The number of piperidine rings is 1. The fourth-order valence-electron chi connectivity index (χ4n) is 10.3. The molecule has 2 heterocycles. The van der Waals surface area contributed by atoms with Gasteiger partial charge in [0.05, 0.1) is 23.2 Å². The Morgan fingerprint density at radius 2 is 1.08 bits per heavy atom. The molecule has 2 N–H and O–H groups in total. The van der Waals surface area contributed by atoms with Gasteiger partial charge in [0.1, 0.15) is 0 Å². The van der Waals surface area contributed by atoms with Gasteiger partial charge in [-0.05, 0) is 159 Å². The molecule has 358 valence electrons. The predicted octanol–water partition coefficient (Wildman–Crippen LogP) is 12.0. The van der Waals surface area contributed by atoms with Gasteiger partial charge >= 0.3 is 6.09 Å². The summed E-state index contributed by atoms with van der Waals surface area (Å²) in [5.74, 6) is 0.808. The summed E-state index contributed by atoms with van der Waals surface area (Å²) >= 11 is 0. The lowest BCUT2D eigenvalue weighted by atomic mass is 9.72. The van der Waals surface area contributed by atoms with Crippen molar-refractivity contribution in [3.8, 4) is 0 Å². The quantitative estimate of drug-likeness (QED) is 0.0920. The van der Waals surface area contributed by atoms with Gasteiger partial charge in [-0.2, -0.15) is 0 Å². The van der Waals surface area contributed by atoms with Crippen molar-refractivity contribution in [3.05, 3.63) is 24.3 Å². The van der Waals surface area contributed by atoms with E-state index in [4.69, 9.17) is 4.74 Å². The summed E-state index contributed by atoms with van der Waals surface area (Å²) in [4.78, 5) is 59.1. The lowest BCUT2D eigenvalue weighted by Crippen LogP contribution is -2.65. The molecule has 2 saturated heterocycles. The molecule has 2 fully saturated rings. The largest absolute Gasteiger partial charge is 0.449 e. The third kappa shape index (κ3) is 16.6. The number of Topliss-reactive ketones (excluding diaryl/α,β-unsaturated/α-hetero) is 3. The first-order chi connectivity index (χ1) is 28.1. The molecule has 1 amide bonds. The number of ketones is 3. The Bertz CT molecular complexity index is 1530. The molecule has 9 heteroatoms. The zero-order chi connectivity index (χ0) is 47.6. The predicted molar refractivity (Wildman–Crippen MR) is 260 cm³/mol. The Morgan fingerprint density at radius 3 is 1.53 bits per heavy atom. The topological polar surface area (TPSA) is 108 Å². The average Bonchev–Trinajstić information content (AvgIpc) is 3.56. The molecule has 0 saturated carbocycles. The highest BCUT2D eigenvalue weighted by molar-refractivity contribution is 5.94. The van der Waals surface area contributed by atoms with Gasteiger partial charge < -0.3 is 20.3 Å². The third-order valence-electron chi connectivity index (χ3n) is 12.5. The Labute approximate surface area is 381 Å². The van der Waals surface area contributed by atoms with Crippen LogP contribution >= 0.6 is 0 Å². The number of hydrogen-bond acceptors (Lipinski definition) is 8. The fourth-order valence-corrected chi connectivity index (χ4v) is 10.3. The van der Waals surface area contributed by atoms with Crippen LogP contribution in [0.25, 0.3) is 0 Å². The smallest absolute Gasteiger partial charge is 0.409 e. The number of rotatable bonds is 20. The monoisotopic (exact) mass is 869 g/mol. The standard InChI is InChI=1S/C53H96N4O5/c1-45(2,3)41(58)51(54-48(10,11)12,32-27-23-24-28-33-53(43(60)47(7,8)9)34-30-37-57(53)50(16,17)18)31-26-22-20-19-21-25-29-40-62-44(61)56-38-35-52(36-39-56,55-49(13,14)15)42(59)46(4,5)6/h19-20,24,28,54-55H,21-23,25-27,29-40H2,1-18H3/b20-19+,28-24+/t51?,53-/m0/s1. The summed E-state index contributed by atoms with van der Waals surface area (Å²) in [6, 6.07) is 0. The average molecular weight is 869 g/mol. The number of unbranched alkanes of at least 4 members (excludes halogenated alkanes) is 4. The molecule has 1 unspecified atom stereocenters. The lowest BCUT2D eigenvalue weighted by Gasteiger charge is -2.47. The molecule has 0 aromatic carbocycles. The molecular weight excluding hydrogens is 773 g/mol. The Morgan fingerprint density at radius 1 is 0.581 bits per heavy atom. The van der Waals surface area contributed by atoms with Crippen molar-refractivity contribution >= 4 is 23.4 Å². The maximum Gasteiger partial charge on any atom is 0.409 e. The van der Waals surface area contributed by atoms with Gasteiger partial charge in [-0.1, -0.05) is 86.6 Å². The number of carbonyl (C=O) groups excluding carboxylic acids is 4. The number of nitrogens with zero attached hydrogens (tertiary/aromatic N) is 2. The van der Waals surface area contributed by atoms with Gasteiger partial charge in [-0.3, -0.25) is 19.3 Å². The van der Waals surface area contributed by atoms with Crippen LogP contribution in [0, 0.1) is 16.2 Å². The number of allylic oxidation sites excluding steroid dienone is 3. The highest BCUT2D eigenvalue weighted by atomic mass is 16.6. The van der Waals surface area contributed by atoms with Gasteiger partial charge in [-0.15, -0.1) is 0 Å². The van der Waals surface area contributed by atoms with Crippen molar-refractivity contribution < 1.29 is 23.9 Å². The van der Waals surface area contributed by atoms with E-state index >= 15 is 0 Å². The van der Waals surface area contributed by atoms with Crippen molar-refractivity contribution in [1.82, 2.24) is 20.4 Å². The van der Waals surface area contributed by atoms with Crippen molar-refractivity contribution in [2.24, 2.45) is 16.2 Å².